The van der Waals surface area contributed by atoms with E-state index in [-0.39, 0.29) is 10.8 Å². The molecule has 0 aliphatic carbocycles. The van der Waals surface area contributed by atoms with Crippen molar-refractivity contribution in [2.24, 2.45) is 4.99 Å². The lowest BCUT2D eigenvalue weighted by Crippen LogP contribution is -2.30. The standard InChI is InChI=1S/C29H26ClFN2O2S/c1-35-25-10-6-7-21(18-25)15-16-33(20-22-8-5-9-24(34)17-22)29(36-26-11-3-2-4-12-26)32-23-13-14-28(31)27(30)19-23/h2-14,17-19,34H,15-16,20H2,1H3. The molecule has 0 aliphatic rings. The summed E-state index contributed by atoms with van der Waals surface area (Å²) in [5.74, 6) is 0.530. The van der Waals surface area contributed by atoms with E-state index in [2.05, 4.69) is 11.0 Å². The molecule has 36 heavy (non-hydrogen) atoms. The Bertz CT molecular complexity index is 1330. The average Bonchev–Trinajstić information content (AvgIpc) is 2.89. The summed E-state index contributed by atoms with van der Waals surface area (Å²) in [5.41, 5.74) is 2.63. The van der Waals surface area contributed by atoms with Crippen LogP contribution in [0, 0.1) is 5.82 Å². The van der Waals surface area contributed by atoms with Crippen LogP contribution in [0.25, 0.3) is 0 Å². The van der Waals surface area contributed by atoms with Crippen LogP contribution in [0.2, 0.25) is 5.02 Å². The maximum Gasteiger partial charge on any atom is 0.169 e. The highest BCUT2D eigenvalue weighted by Crippen LogP contribution is 2.29. The van der Waals surface area contributed by atoms with Crippen LogP contribution in [0.15, 0.2) is 107 Å². The molecule has 4 aromatic carbocycles. The molecule has 0 heterocycles. The summed E-state index contributed by atoms with van der Waals surface area (Å²) in [7, 11) is 1.66. The Morgan fingerprint density at radius 3 is 2.47 bits per heavy atom. The summed E-state index contributed by atoms with van der Waals surface area (Å²) in [5, 5.41) is 10.8. The van der Waals surface area contributed by atoms with Gasteiger partial charge in [0.15, 0.2) is 5.17 Å². The van der Waals surface area contributed by atoms with Gasteiger partial charge in [0.25, 0.3) is 0 Å². The van der Waals surface area contributed by atoms with Gasteiger partial charge in [0, 0.05) is 18.0 Å². The summed E-state index contributed by atoms with van der Waals surface area (Å²) in [6, 6.07) is 29.6. The Morgan fingerprint density at radius 1 is 0.944 bits per heavy atom. The van der Waals surface area contributed by atoms with Crippen molar-refractivity contribution in [3.8, 4) is 11.5 Å². The zero-order chi connectivity index (χ0) is 25.3. The molecule has 7 heteroatoms. The number of ether oxygens (including phenoxy) is 1. The second kappa shape index (κ2) is 12.5. The fourth-order valence-corrected chi connectivity index (χ4v) is 4.74. The van der Waals surface area contributed by atoms with E-state index in [1.54, 1.807) is 25.3 Å². The van der Waals surface area contributed by atoms with Gasteiger partial charge < -0.3 is 14.7 Å². The number of phenols is 1. The predicted octanol–water partition coefficient (Wildman–Crippen LogP) is 7.72. The number of methoxy groups -OCH3 is 1. The molecular formula is C29H26ClFN2O2S. The Kier molecular flexibility index (Phi) is 8.87. The number of benzene rings is 4. The molecule has 0 amide bonds. The number of hydrogen-bond donors (Lipinski definition) is 1. The van der Waals surface area contributed by atoms with E-state index in [0.717, 1.165) is 33.4 Å². The van der Waals surface area contributed by atoms with Gasteiger partial charge >= 0.3 is 0 Å². The monoisotopic (exact) mass is 520 g/mol. The molecule has 0 saturated heterocycles. The van der Waals surface area contributed by atoms with E-state index in [9.17, 15) is 9.50 Å². The molecule has 0 atom stereocenters. The van der Waals surface area contributed by atoms with Gasteiger partial charge in [-0.1, -0.05) is 65.8 Å². The molecule has 0 aliphatic heterocycles. The molecule has 0 radical (unpaired) electrons. The average molecular weight is 521 g/mol. The SMILES string of the molecule is COc1cccc(CCN(Cc2cccc(O)c2)C(=Nc2ccc(F)c(Cl)c2)Sc2ccccc2)c1. The van der Waals surface area contributed by atoms with Crippen LogP contribution < -0.4 is 4.74 Å². The number of aromatic hydroxyl groups is 1. The quantitative estimate of drug-likeness (QED) is 0.147. The fraction of sp³-hybridized carbons (Fsp3) is 0.138. The lowest BCUT2D eigenvalue weighted by Gasteiger charge is -2.26. The molecule has 4 rings (SSSR count). The number of halogens is 2. The summed E-state index contributed by atoms with van der Waals surface area (Å²) in [6.07, 6.45) is 0.745. The number of aliphatic imine (C=N–C) groups is 1. The molecule has 4 nitrogen and oxygen atoms in total. The zero-order valence-corrected chi connectivity index (χ0v) is 21.3. The lowest BCUT2D eigenvalue weighted by molar-refractivity contribution is 0.410. The molecule has 0 bridgehead atoms. The molecule has 0 unspecified atom stereocenters. The summed E-state index contributed by atoms with van der Waals surface area (Å²) < 4.78 is 19.2. The second-order valence-corrected chi connectivity index (χ2v) is 9.55. The molecule has 0 spiro atoms. The largest absolute Gasteiger partial charge is 0.508 e. The third-order valence-corrected chi connectivity index (χ3v) is 6.77. The first-order chi connectivity index (χ1) is 17.5. The molecule has 0 saturated carbocycles. The number of nitrogens with zero attached hydrogens (tertiary/aromatic N) is 2. The van der Waals surface area contributed by atoms with Crippen LogP contribution >= 0.6 is 23.4 Å². The zero-order valence-electron chi connectivity index (χ0n) is 19.8. The van der Waals surface area contributed by atoms with Gasteiger partial charge in [-0.25, -0.2) is 9.38 Å². The smallest absolute Gasteiger partial charge is 0.169 e. The summed E-state index contributed by atoms with van der Waals surface area (Å²) in [4.78, 5) is 8.06. The van der Waals surface area contributed by atoms with Gasteiger partial charge in [-0.15, -0.1) is 0 Å². The molecule has 4 aromatic rings. The number of phenolic OH excluding ortho intramolecular Hbond substituents is 1. The topological polar surface area (TPSA) is 45.1 Å². The molecule has 0 fully saturated rings. The first-order valence-electron chi connectivity index (χ1n) is 11.4. The van der Waals surface area contributed by atoms with E-state index >= 15 is 0 Å². The first kappa shape index (κ1) is 25.6. The minimum Gasteiger partial charge on any atom is -0.508 e. The lowest BCUT2D eigenvalue weighted by atomic mass is 10.1. The van der Waals surface area contributed by atoms with Crippen LogP contribution in [0.1, 0.15) is 11.1 Å². The van der Waals surface area contributed by atoms with Crippen molar-refractivity contribution in [3.05, 3.63) is 119 Å². The van der Waals surface area contributed by atoms with Crippen molar-refractivity contribution in [3.63, 3.8) is 0 Å². The van der Waals surface area contributed by atoms with E-state index in [0.29, 0.717) is 18.8 Å². The maximum atomic E-state index is 13.8. The van der Waals surface area contributed by atoms with E-state index in [1.807, 2.05) is 60.7 Å². The highest BCUT2D eigenvalue weighted by molar-refractivity contribution is 8.13. The molecule has 184 valence electrons. The van der Waals surface area contributed by atoms with Gasteiger partial charge in [-0.05, 0) is 72.1 Å². The molecular weight excluding hydrogens is 495 g/mol. The highest BCUT2D eigenvalue weighted by atomic mass is 35.5. The Hall–Kier alpha value is -3.48. The van der Waals surface area contributed by atoms with Gasteiger partial charge in [-0.2, -0.15) is 0 Å². The Balaban J connectivity index is 1.71. The minimum absolute atomic E-state index is 0.0243. The van der Waals surface area contributed by atoms with E-state index in [1.165, 1.54) is 23.9 Å². The number of thioether (sulfide) groups is 1. The van der Waals surface area contributed by atoms with Crippen molar-refractivity contribution in [1.82, 2.24) is 4.90 Å². The molecule has 1 N–H and O–H groups in total. The second-order valence-electron chi connectivity index (χ2n) is 8.10. The number of amidine groups is 1. The van der Waals surface area contributed by atoms with Crippen LogP contribution in [0.5, 0.6) is 11.5 Å². The van der Waals surface area contributed by atoms with Crippen molar-refractivity contribution in [2.75, 3.05) is 13.7 Å². The third-order valence-electron chi connectivity index (χ3n) is 5.44. The summed E-state index contributed by atoms with van der Waals surface area (Å²) >= 11 is 7.57. The summed E-state index contributed by atoms with van der Waals surface area (Å²) in [6.45, 7) is 1.17. The van der Waals surface area contributed by atoms with Gasteiger partial charge in [-0.3, -0.25) is 0 Å². The molecule has 0 aromatic heterocycles. The van der Waals surface area contributed by atoms with Gasteiger partial charge in [0.1, 0.15) is 17.3 Å². The number of rotatable bonds is 8. The predicted molar refractivity (Wildman–Crippen MR) is 146 cm³/mol. The van der Waals surface area contributed by atoms with E-state index < -0.39 is 5.82 Å². The normalized spacial score (nSPS) is 11.4. The van der Waals surface area contributed by atoms with Crippen LogP contribution in [-0.2, 0) is 13.0 Å². The van der Waals surface area contributed by atoms with Crippen molar-refractivity contribution in [1.29, 1.82) is 0 Å². The van der Waals surface area contributed by atoms with Gasteiger partial charge in [0.05, 0.1) is 17.8 Å². The number of hydrogen-bond acceptors (Lipinski definition) is 4. The fourth-order valence-electron chi connectivity index (χ4n) is 3.63. The van der Waals surface area contributed by atoms with E-state index in [4.69, 9.17) is 21.3 Å². The Labute approximate surface area is 220 Å². The van der Waals surface area contributed by atoms with Crippen molar-refractivity contribution < 1.29 is 14.2 Å². The van der Waals surface area contributed by atoms with Crippen LogP contribution in [-0.4, -0.2) is 28.8 Å². The highest BCUT2D eigenvalue weighted by Gasteiger charge is 2.16. The minimum atomic E-state index is -0.484. The van der Waals surface area contributed by atoms with Crippen LogP contribution in [0.4, 0.5) is 10.1 Å². The Morgan fingerprint density at radius 2 is 1.72 bits per heavy atom. The van der Waals surface area contributed by atoms with Crippen molar-refractivity contribution in [2.45, 2.75) is 17.9 Å². The van der Waals surface area contributed by atoms with Crippen LogP contribution in [0.3, 0.4) is 0 Å². The first-order valence-corrected chi connectivity index (χ1v) is 12.6. The van der Waals surface area contributed by atoms with Gasteiger partial charge in [0.2, 0.25) is 0 Å². The maximum absolute atomic E-state index is 13.8. The van der Waals surface area contributed by atoms with Crippen molar-refractivity contribution >= 4 is 34.2 Å². The third kappa shape index (κ3) is 7.26.